The van der Waals surface area contributed by atoms with E-state index in [0.717, 1.165) is 56.9 Å². The van der Waals surface area contributed by atoms with Gasteiger partial charge in [0.1, 0.15) is 28.7 Å². The molecule has 46 heavy (non-hydrogen) atoms. The zero-order chi connectivity index (χ0) is 32.9. The van der Waals surface area contributed by atoms with E-state index in [2.05, 4.69) is 27.7 Å². The van der Waals surface area contributed by atoms with Gasteiger partial charge in [-0.2, -0.15) is 0 Å². The van der Waals surface area contributed by atoms with Crippen molar-refractivity contribution in [2.45, 2.75) is 104 Å². The largest absolute Gasteiger partial charge is 0.507 e. The summed E-state index contributed by atoms with van der Waals surface area (Å²) < 4.78 is 17.7. The Labute approximate surface area is 273 Å². The Hall–Kier alpha value is -4.33. The van der Waals surface area contributed by atoms with Gasteiger partial charge in [0.05, 0.1) is 30.4 Å². The maximum atomic E-state index is 11.1. The predicted molar refractivity (Wildman–Crippen MR) is 184 cm³/mol. The van der Waals surface area contributed by atoms with Gasteiger partial charge < -0.3 is 24.4 Å². The second-order valence-electron chi connectivity index (χ2n) is 11.7. The highest BCUT2D eigenvalue weighted by atomic mass is 16.5. The lowest BCUT2D eigenvalue weighted by molar-refractivity contribution is 0.182. The standard InChI is InChI=1S/C38H49N3O5/c1-6-10-12-14-27(8-3)45-30-20-22-32(34(42)24-30)37-39-36(26-16-18-29(44-5)19-17-26)40-38(41-37)33-23-21-31(25-35(33)43)46-28(9-4)15-13-11-7-2/h16-25,27-28,42-43H,6-15H2,1-5H3. The maximum Gasteiger partial charge on any atom is 0.167 e. The molecule has 2 N–H and O–H groups in total. The fourth-order valence-corrected chi connectivity index (χ4v) is 5.36. The number of methoxy groups -OCH3 is 1. The molecule has 0 fully saturated rings. The Kier molecular flexibility index (Phi) is 13.1. The summed E-state index contributed by atoms with van der Waals surface area (Å²) >= 11 is 0. The lowest BCUT2D eigenvalue weighted by Crippen LogP contribution is -2.15. The van der Waals surface area contributed by atoms with Crippen molar-refractivity contribution < 1.29 is 24.4 Å². The van der Waals surface area contributed by atoms with Gasteiger partial charge in [0.2, 0.25) is 0 Å². The molecule has 246 valence electrons. The molecule has 2 unspecified atom stereocenters. The van der Waals surface area contributed by atoms with Gasteiger partial charge in [-0.1, -0.05) is 53.4 Å². The Balaban J connectivity index is 1.68. The number of hydrogen-bond donors (Lipinski definition) is 2. The van der Waals surface area contributed by atoms with Crippen molar-refractivity contribution in [3.05, 3.63) is 60.7 Å². The molecule has 4 rings (SSSR count). The molecule has 3 aromatic carbocycles. The lowest BCUT2D eigenvalue weighted by atomic mass is 10.1. The van der Waals surface area contributed by atoms with Crippen LogP contribution in [0.3, 0.4) is 0 Å². The number of nitrogens with zero attached hydrogens (tertiary/aromatic N) is 3. The van der Waals surface area contributed by atoms with E-state index in [1.807, 2.05) is 36.4 Å². The fourth-order valence-electron chi connectivity index (χ4n) is 5.36. The van der Waals surface area contributed by atoms with Gasteiger partial charge in [0.25, 0.3) is 0 Å². The third-order valence-corrected chi connectivity index (χ3v) is 8.18. The lowest BCUT2D eigenvalue weighted by Gasteiger charge is -2.18. The average molecular weight is 628 g/mol. The number of unbranched alkanes of at least 4 members (excludes halogenated alkanes) is 4. The van der Waals surface area contributed by atoms with E-state index in [1.54, 1.807) is 31.4 Å². The van der Waals surface area contributed by atoms with E-state index in [-0.39, 0.29) is 35.4 Å². The molecule has 2 atom stereocenters. The summed E-state index contributed by atoms with van der Waals surface area (Å²) in [6.45, 7) is 8.60. The van der Waals surface area contributed by atoms with Crippen molar-refractivity contribution in [3.8, 4) is 62.9 Å². The van der Waals surface area contributed by atoms with Crippen LogP contribution in [0.1, 0.15) is 91.9 Å². The number of ether oxygens (including phenoxy) is 3. The van der Waals surface area contributed by atoms with E-state index < -0.39 is 0 Å². The van der Waals surface area contributed by atoms with E-state index in [9.17, 15) is 10.2 Å². The molecule has 8 heteroatoms. The SMILES string of the molecule is CCCCCC(CC)Oc1ccc(-c2nc(-c3ccc(OC)cc3)nc(-c3ccc(OC(CC)CCCCC)cc3O)n2)c(O)c1. The molecule has 0 amide bonds. The molecule has 0 saturated heterocycles. The van der Waals surface area contributed by atoms with Crippen molar-refractivity contribution in [1.82, 2.24) is 15.0 Å². The molecule has 0 aliphatic carbocycles. The maximum absolute atomic E-state index is 11.1. The molecule has 8 nitrogen and oxygen atoms in total. The van der Waals surface area contributed by atoms with Crippen molar-refractivity contribution in [2.75, 3.05) is 7.11 Å². The molecule has 0 aliphatic heterocycles. The molecule has 1 aromatic heterocycles. The summed E-state index contributed by atoms with van der Waals surface area (Å²) in [5, 5.41) is 22.3. The van der Waals surface area contributed by atoms with Crippen LogP contribution in [0.5, 0.6) is 28.7 Å². The van der Waals surface area contributed by atoms with Crippen molar-refractivity contribution in [1.29, 1.82) is 0 Å². The first-order valence-electron chi connectivity index (χ1n) is 16.8. The topological polar surface area (TPSA) is 107 Å². The molecular formula is C38H49N3O5. The van der Waals surface area contributed by atoms with Crippen molar-refractivity contribution in [3.63, 3.8) is 0 Å². The normalized spacial score (nSPS) is 12.5. The van der Waals surface area contributed by atoms with Gasteiger partial charge in [-0.25, -0.2) is 15.0 Å². The Morgan fingerprint density at radius 3 is 1.39 bits per heavy atom. The second-order valence-corrected chi connectivity index (χ2v) is 11.7. The first-order chi connectivity index (χ1) is 22.4. The van der Waals surface area contributed by atoms with Gasteiger partial charge in [-0.3, -0.25) is 0 Å². The number of hydrogen-bond acceptors (Lipinski definition) is 8. The van der Waals surface area contributed by atoms with Gasteiger partial charge in [0, 0.05) is 17.7 Å². The van der Waals surface area contributed by atoms with Crippen LogP contribution in [0.25, 0.3) is 34.2 Å². The van der Waals surface area contributed by atoms with Crippen LogP contribution in [-0.2, 0) is 0 Å². The zero-order valence-corrected chi connectivity index (χ0v) is 28.0. The monoisotopic (exact) mass is 627 g/mol. The highest BCUT2D eigenvalue weighted by Gasteiger charge is 2.19. The first-order valence-corrected chi connectivity index (χ1v) is 16.8. The number of aromatic nitrogens is 3. The molecule has 0 spiro atoms. The van der Waals surface area contributed by atoms with Crippen molar-refractivity contribution in [2.24, 2.45) is 0 Å². The van der Waals surface area contributed by atoms with E-state index in [4.69, 9.17) is 29.2 Å². The van der Waals surface area contributed by atoms with Gasteiger partial charge in [-0.05, 0) is 87.1 Å². The number of rotatable bonds is 18. The van der Waals surface area contributed by atoms with E-state index >= 15 is 0 Å². The third-order valence-electron chi connectivity index (χ3n) is 8.18. The van der Waals surface area contributed by atoms with Crippen molar-refractivity contribution >= 4 is 0 Å². The molecule has 4 aromatic rings. The summed E-state index contributed by atoms with van der Waals surface area (Å²) in [7, 11) is 1.61. The average Bonchev–Trinajstić information content (AvgIpc) is 3.07. The molecule has 0 aliphatic rings. The number of aromatic hydroxyl groups is 2. The number of phenols is 2. The Bertz CT molecular complexity index is 1440. The van der Waals surface area contributed by atoms with Crippen LogP contribution in [0.2, 0.25) is 0 Å². The van der Waals surface area contributed by atoms with Crippen LogP contribution < -0.4 is 14.2 Å². The van der Waals surface area contributed by atoms with Crippen LogP contribution in [-0.4, -0.2) is 44.5 Å². The van der Waals surface area contributed by atoms with Crippen LogP contribution in [0.15, 0.2) is 60.7 Å². The highest BCUT2D eigenvalue weighted by molar-refractivity contribution is 5.73. The zero-order valence-electron chi connectivity index (χ0n) is 28.0. The van der Waals surface area contributed by atoms with E-state index in [0.29, 0.717) is 34.2 Å². The molecule has 1 heterocycles. The molecule has 0 saturated carbocycles. The van der Waals surface area contributed by atoms with Gasteiger partial charge in [-0.15, -0.1) is 0 Å². The quantitative estimate of drug-likeness (QED) is 0.105. The summed E-state index contributed by atoms with van der Waals surface area (Å²) in [6.07, 6.45) is 10.8. The minimum absolute atomic E-state index is 0.000363. The summed E-state index contributed by atoms with van der Waals surface area (Å²) in [6, 6.07) is 17.8. The van der Waals surface area contributed by atoms with Gasteiger partial charge >= 0.3 is 0 Å². The van der Waals surface area contributed by atoms with Crippen LogP contribution in [0, 0.1) is 0 Å². The number of benzene rings is 3. The summed E-state index contributed by atoms with van der Waals surface area (Å²) in [5.74, 6) is 2.85. The molecule has 0 bridgehead atoms. The second kappa shape index (κ2) is 17.4. The number of phenolic OH excluding ortho intramolecular Hbond substituents is 2. The fraction of sp³-hybridized carbons (Fsp3) is 0.447. The third kappa shape index (κ3) is 9.35. The first kappa shape index (κ1) is 34.5. The molecular weight excluding hydrogens is 578 g/mol. The smallest absolute Gasteiger partial charge is 0.167 e. The van der Waals surface area contributed by atoms with E-state index in [1.165, 1.54) is 12.8 Å². The highest BCUT2D eigenvalue weighted by Crippen LogP contribution is 2.36. The molecule has 0 radical (unpaired) electrons. The van der Waals surface area contributed by atoms with Gasteiger partial charge in [0.15, 0.2) is 17.5 Å². The summed E-state index contributed by atoms with van der Waals surface area (Å²) in [5.41, 5.74) is 1.60. The Morgan fingerprint density at radius 2 is 1.00 bits per heavy atom. The van der Waals surface area contributed by atoms with Crippen LogP contribution in [0.4, 0.5) is 0 Å². The minimum Gasteiger partial charge on any atom is -0.507 e. The summed E-state index contributed by atoms with van der Waals surface area (Å²) in [4.78, 5) is 14.2. The Morgan fingerprint density at radius 1 is 0.565 bits per heavy atom. The van der Waals surface area contributed by atoms with Crippen LogP contribution >= 0.6 is 0 Å². The predicted octanol–water partition coefficient (Wildman–Crippen LogP) is 9.77. The minimum atomic E-state index is 0.000363.